The molecule has 1 aromatic carbocycles. The van der Waals surface area contributed by atoms with Crippen molar-refractivity contribution in [2.24, 2.45) is 7.05 Å². The van der Waals surface area contributed by atoms with Crippen LogP contribution in [0.25, 0.3) is 22.2 Å². The molecule has 0 saturated carbocycles. The Balaban J connectivity index is 1.73. The number of carbonyl (C=O) groups is 1. The Morgan fingerprint density at radius 1 is 1.21 bits per heavy atom. The highest BCUT2D eigenvalue weighted by Gasteiger charge is 2.30. The van der Waals surface area contributed by atoms with E-state index in [4.69, 9.17) is 20.3 Å². The van der Waals surface area contributed by atoms with Crippen LogP contribution in [0.4, 0.5) is 14.6 Å². The lowest BCUT2D eigenvalue weighted by molar-refractivity contribution is -0.125. The van der Waals surface area contributed by atoms with Crippen LogP contribution >= 0.6 is 0 Å². The van der Waals surface area contributed by atoms with Crippen molar-refractivity contribution in [2.45, 2.75) is 12.5 Å². The highest BCUT2D eigenvalue weighted by molar-refractivity contribution is 6.01. The summed E-state index contributed by atoms with van der Waals surface area (Å²) in [6.45, 7) is 4.47. The Morgan fingerprint density at radius 2 is 1.92 bits per heavy atom. The number of nitrogens with zero attached hydrogens (tertiary/aromatic N) is 6. The number of likely N-dealkylation sites (tertiary alicyclic amines) is 1. The minimum Gasteiger partial charge on any atom is -0.493 e. The molecule has 1 aliphatic rings. The summed E-state index contributed by atoms with van der Waals surface area (Å²) in [5, 5.41) is 5.13. The molecule has 4 heterocycles. The molecule has 1 atom stereocenters. The zero-order valence-electron chi connectivity index (χ0n) is 21.5. The first-order valence-electron chi connectivity index (χ1n) is 12.0. The summed E-state index contributed by atoms with van der Waals surface area (Å²) in [4.78, 5) is 22.7. The largest absolute Gasteiger partial charge is 0.493 e. The molecule has 1 amide bonds. The number of pyridine rings is 1. The third-order valence-corrected chi connectivity index (χ3v) is 6.61. The van der Waals surface area contributed by atoms with Gasteiger partial charge in [-0.3, -0.25) is 9.48 Å². The minimum atomic E-state index is -0.971. The molecule has 1 fully saturated rings. The first kappa shape index (κ1) is 25.7. The van der Waals surface area contributed by atoms with Gasteiger partial charge in [-0.25, -0.2) is 18.7 Å². The van der Waals surface area contributed by atoms with Crippen LogP contribution in [0.1, 0.15) is 23.7 Å². The first-order chi connectivity index (χ1) is 18.8. The summed E-state index contributed by atoms with van der Waals surface area (Å²) in [5.74, 6) is 2.92. The molecular formula is C27H25F2N7O3. The molecule has 200 valence electrons. The normalized spacial score (nSPS) is 14.8. The van der Waals surface area contributed by atoms with E-state index in [1.807, 2.05) is 13.2 Å². The predicted molar refractivity (Wildman–Crippen MR) is 140 cm³/mol. The Morgan fingerprint density at radius 3 is 2.54 bits per heavy atom. The van der Waals surface area contributed by atoms with Crippen LogP contribution in [0.15, 0.2) is 37.4 Å². The maximum Gasteiger partial charge on any atom is 0.246 e. The van der Waals surface area contributed by atoms with Crippen LogP contribution in [0.5, 0.6) is 11.5 Å². The fraction of sp³-hybridized carbons (Fsp3) is 0.259. The van der Waals surface area contributed by atoms with Crippen molar-refractivity contribution in [3.63, 3.8) is 0 Å². The van der Waals surface area contributed by atoms with Gasteiger partial charge in [0.25, 0.3) is 0 Å². The number of carbonyl (C=O) groups excluding carboxylic acids is 1. The standard InChI is InChI=1S/C27H25F2N7O3/c1-5-22(37)35-9-8-15(12-35)36-26-17(19-13-34(2)14-32-19)11-31-27(30)23(26)18(33-36)7-6-16-24(28)20(38-3)10-21(39-4)25(16)29/h5,10-11,13-15H,1,8-9,12H2,2-4H3,(H2,30,31). The number of nitrogens with two attached hydrogens (primary N) is 1. The van der Waals surface area contributed by atoms with Gasteiger partial charge in [0.15, 0.2) is 23.1 Å². The van der Waals surface area contributed by atoms with Crippen LogP contribution in [0, 0.1) is 23.5 Å². The smallest absolute Gasteiger partial charge is 0.246 e. The van der Waals surface area contributed by atoms with Gasteiger partial charge in [0.2, 0.25) is 5.91 Å². The van der Waals surface area contributed by atoms with Crippen molar-refractivity contribution in [3.8, 4) is 34.6 Å². The molecule has 39 heavy (non-hydrogen) atoms. The van der Waals surface area contributed by atoms with E-state index in [1.54, 1.807) is 26.7 Å². The quantitative estimate of drug-likeness (QED) is 0.310. The number of fused-ring (bicyclic) bond motifs is 1. The van der Waals surface area contributed by atoms with Gasteiger partial charge >= 0.3 is 0 Å². The number of aryl methyl sites for hydroxylation is 1. The number of rotatable bonds is 5. The average molecular weight is 534 g/mol. The SMILES string of the molecule is C=CC(=O)N1CCC(n2nc(C#Cc3c(F)c(OC)cc(OC)c3F)c3c(N)ncc(-c4cn(C)cn4)c32)C1. The number of halogens is 2. The van der Waals surface area contributed by atoms with Gasteiger partial charge in [0, 0.05) is 44.2 Å². The van der Waals surface area contributed by atoms with Gasteiger partial charge < -0.3 is 24.7 Å². The van der Waals surface area contributed by atoms with Gasteiger partial charge in [-0.2, -0.15) is 5.10 Å². The van der Waals surface area contributed by atoms with Crippen LogP contribution < -0.4 is 15.2 Å². The second kappa shape index (κ2) is 10.1. The summed E-state index contributed by atoms with van der Waals surface area (Å²) >= 11 is 0. The van der Waals surface area contributed by atoms with Crippen molar-refractivity contribution < 1.29 is 23.0 Å². The average Bonchev–Trinajstić information content (AvgIpc) is 3.68. The van der Waals surface area contributed by atoms with E-state index in [2.05, 4.69) is 28.4 Å². The molecular weight excluding hydrogens is 508 g/mol. The van der Waals surface area contributed by atoms with E-state index >= 15 is 0 Å². The van der Waals surface area contributed by atoms with Gasteiger partial charge in [-0.1, -0.05) is 12.5 Å². The fourth-order valence-electron chi connectivity index (χ4n) is 4.67. The van der Waals surface area contributed by atoms with Gasteiger partial charge in [-0.05, 0) is 18.4 Å². The monoisotopic (exact) mass is 533 g/mol. The molecule has 12 heteroatoms. The van der Waals surface area contributed by atoms with Crippen LogP contribution in [0.2, 0.25) is 0 Å². The number of benzene rings is 1. The summed E-state index contributed by atoms with van der Waals surface area (Å²) < 4.78 is 43.6. The molecule has 3 aromatic heterocycles. The molecule has 10 nitrogen and oxygen atoms in total. The van der Waals surface area contributed by atoms with Crippen molar-refractivity contribution in [1.29, 1.82) is 0 Å². The molecule has 1 unspecified atom stereocenters. The number of ether oxygens (including phenoxy) is 2. The van der Waals surface area contributed by atoms with E-state index in [1.165, 1.54) is 20.3 Å². The number of hydrogen-bond acceptors (Lipinski definition) is 7. The molecule has 2 N–H and O–H groups in total. The first-order valence-corrected chi connectivity index (χ1v) is 12.0. The van der Waals surface area contributed by atoms with Gasteiger partial charge in [0.05, 0.1) is 43.2 Å². The third kappa shape index (κ3) is 4.41. The number of amides is 1. The highest BCUT2D eigenvalue weighted by Crippen LogP contribution is 2.36. The number of aromatic nitrogens is 5. The molecule has 1 saturated heterocycles. The molecule has 1 aliphatic heterocycles. The maximum absolute atomic E-state index is 15.0. The maximum atomic E-state index is 15.0. The molecule has 0 aliphatic carbocycles. The Labute approximate surface area is 222 Å². The number of hydrogen-bond donors (Lipinski definition) is 1. The van der Waals surface area contributed by atoms with Crippen LogP contribution in [0.3, 0.4) is 0 Å². The number of anilines is 1. The second-order valence-electron chi connectivity index (χ2n) is 8.96. The summed E-state index contributed by atoms with van der Waals surface area (Å²) in [5.41, 5.74) is 7.82. The van der Waals surface area contributed by atoms with E-state index in [9.17, 15) is 13.6 Å². The Bertz CT molecular complexity index is 1650. The molecule has 0 spiro atoms. The van der Waals surface area contributed by atoms with Crippen molar-refractivity contribution in [3.05, 3.63) is 60.3 Å². The van der Waals surface area contributed by atoms with E-state index < -0.39 is 17.2 Å². The molecule has 0 radical (unpaired) electrons. The predicted octanol–water partition coefficient (Wildman–Crippen LogP) is 3.07. The molecule has 0 bridgehead atoms. The molecule has 4 aromatic rings. The minimum absolute atomic E-state index is 0.140. The van der Waals surface area contributed by atoms with Crippen LogP contribution in [-0.2, 0) is 11.8 Å². The van der Waals surface area contributed by atoms with Crippen molar-refractivity contribution in [2.75, 3.05) is 33.0 Å². The van der Waals surface area contributed by atoms with E-state index in [-0.39, 0.29) is 35.0 Å². The number of imidazole rings is 1. The van der Waals surface area contributed by atoms with E-state index in [0.29, 0.717) is 41.7 Å². The Kier molecular flexibility index (Phi) is 6.66. The number of nitrogen functional groups attached to an aromatic ring is 1. The second-order valence-corrected chi connectivity index (χ2v) is 8.96. The lowest BCUT2D eigenvalue weighted by atomic mass is 10.1. The number of methoxy groups -OCH3 is 2. The lowest BCUT2D eigenvalue weighted by Crippen LogP contribution is -2.27. The van der Waals surface area contributed by atoms with Gasteiger partial charge in [0.1, 0.15) is 17.1 Å². The summed E-state index contributed by atoms with van der Waals surface area (Å²) in [7, 11) is 4.36. The zero-order chi connectivity index (χ0) is 27.8. The highest BCUT2D eigenvalue weighted by atomic mass is 19.1. The fourth-order valence-corrected chi connectivity index (χ4v) is 4.67. The van der Waals surface area contributed by atoms with Gasteiger partial charge in [-0.15, -0.1) is 0 Å². The molecule has 5 rings (SSSR count). The van der Waals surface area contributed by atoms with Crippen LogP contribution in [-0.4, -0.2) is 62.4 Å². The summed E-state index contributed by atoms with van der Waals surface area (Å²) in [6, 6.07) is 0.888. The topological polar surface area (TPSA) is 113 Å². The van der Waals surface area contributed by atoms with Crippen molar-refractivity contribution >= 4 is 22.6 Å². The lowest BCUT2D eigenvalue weighted by Gasteiger charge is -2.16. The third-order valence-electron chi connectivity index (χ3n) is 6.61. The summed E-state index contributed by atoms with van der Waals surface area (Å²) in [6.07, 6.45) is 6.96. The zero-order valence-corrected chi connectivity index (χ0v) is 21.5. The van der Waals surface area contributed by atoms with E-state index in [0.717, 1.165) is 6.07 Å². The Hall–Kier alpha value is -4.92. The van der Waals surface area contributed by atoms with Crippen molar-refractivity contribution in [1.82, 2.24) is 29.2 Å².